The Bertz CT molecular complexity index is 1210. The van der Waals surface area contributed by atoms with Crippen molar-refractivity contribution in [3.63, 3.8) is 0 Å². The van der Waals surface area contributed by atoms with Crippen LogP contribution in [-0.4, -0.2) is 25.6 Å². The summed E-state index contributed by atoms with van der Waals surface area (Å²) in [5.41, 5.74) is -2.49. The van der Waals surface area contributed by atoms with E-state index in [4.69, 9.17) is 0 Å². The lowest BCUT2D eigenvalue weighted by Gasteiger charge is -2.16. The summed E-state index contributed by atoms with van der Waals surface area (Å²) in [5.74, 6) is -0.779. The molecule has 0 aliphatic rings. The highest BCUT2D eigenvalue weighted by molar-refractivity contribution is 8.00. The van der Waals surface area contributed by atoms with Crippen molar-refractivity contribution in [3.05, 3.63) is 55.7 Å². The first-order valence-corrected chi connectivity index (χ1v) is 10.0. The van der Waals surface area contributed by atoms with Crippen molar-refractivity contribution in [3.8, 4) is 0 Å². The minimum atomic E-state index is -4.90. The summed E-state index contributed by atoms with van der Waals surface area (Å²) < 4.78 is 41.6. The number of halogens is 3. The van der Waals surface area contributed by atoms with Gasteiger partial charge in [0, 0.05) is 19.2 Å². The van der Waals surface area contributed by atoms with Crippen molar-refractivity contribution in [2.75, 3.05) is 5.32 Å². The van der Waals surface area contributed by atoms with Crippen LogP contribution in [-0.2, 0) is 18.0 Å². The lowest BCUT2D eigenvalue weighted by molar-refractivity contribution is -0.385. The molecule has 0 spiro atoms. The maximum atomic E-state index is 13.3. The Morgan fingerprint density at radius 2 is 2.07 bits per heavy atom. The smallest absolute Gasteiger partial charge is 0.325 e. The van der Waals surface area contributed by atoms with Gasteiger partial charge in [-0.15, -0.1) is 11.3 Å². The molecule has 2 heterocycles. The van der Waals surface area contributed by atoms with Crippen LogP contribution in [0, 0.1) is 10.1 Å². The fraction of sp³-hybridized carbons (Fsp3) is 0.235. The number of alkyl halides is 3. The number of nitro groups is 1. The van der Waals surface area contributed by atoms with Crippen LogP contribution in [0.3, 0.4) is 0 Å². The molecule has 0 saturated carbocycles. The maximum Gasteiger partial charge on any atom is 0.418 e. The lowest BCUT2D eigenvalue weighted by atomic mass is 10.1. The highest BCUT2D eigenvalue weighted by Gasteiger charge is 2.36. The van der Waals surface area contributed by atoms with E-state index in [-0.39, 0.29) is 10.7 Å². The maximum absolute atomic E-state index is 13.3. The fourth-order valence-corrected chi connectivity index (χ4v) is 4.19. The number of fused-ring (bicyclic) bond motifs is 1. The van der Waals surface area contributed by atoms with Crippen LogP contribution in [0.1, 0.15) is 12.5 Å². The Morgan fingerprint density at radius 1 is 1.37 bits per heavy atom. The summed E-state index contributed by atoms with van der Waals surface area (Å²) >= 11 is 2.14. The Labute approximate surface area is 174 Å². The van der Waals surface area contributed by atoms with Crippen LogP contribution in [0.2, 0.25) is 0 Å². The van der Waals surface area contributed by atoms with Crippen LogP contribution < -0.4 is 10.9 Å². The predicted octanol–water partition coefficient (Wildman–Crippen LogP) is 4.04. The molecule has 1 amide bonds. The average Bonchev–Trinajstić information content (AvgIpc) is 3.13. The Hall–Kier alpha value is -2.93. The molecule has 1 N–H and O–H groups in total. The molecule has 1 atom stereocenters. The van der Waals surface area contributed by atoms with E-state index in [1.54, 1.807) is 11.4 Å². The van der Waals surface area contributed by atoms with E-state index in [0.717, 1.165) is 23.9 Å². The fourth-order valence-electron chi connectivity index (χ4n) is 2.51. The predicted molar refractivity (Wildman–Crippen MR) is 107 cm³/mol. The molecule has 0 radical (unpaired) electrons. The van der Waals surface area contributed by atoms with E-state index in [9.17, 15) is 32.9 Å². The number of nitrogens with zero attached hydrogens (tertiary/aromatic N) is 3. The van der Waals surface area contributed by atoms with Crippen LogP contribution >= 0.6 is 23.1 Å². The van der Waals surface area contributed by atoms with Gasteiger partial charge in [0.25, 0.3) is 11.2 Å². The number of thiophene rings is 1. The number of aromatic nitrogens is 2. The second-order valence-corrected chi connectivity index (χ2v) is 8.35. The van der Waals surface area contributed by atoms with Gasteiger partial charge in [-0.25, -0.2) is 4.98 Å². The zero-order valence-electron chi connectivity index (χ0n) is 15.4. The molecule has 0 saturated heterocycles. The molecular formula is C17H13F3N4O4S2. The third kappa shape index (κ3) is 4.31. The molecule has 0 aliphatic heterocycles. The molecule has 158 valence electrons. The largest absolute Gasteiger partial charge is 0.418 e. The van der Waals surface area contributed by atoms with Crippen LogP contribution in [0.5, 0.6) is 0 Å². The normalized spacial score (nSPS) is 12.7. The summed E-state index contributed by atoms with van der Waals surface area (Å²) in [6.45, 7) is 1.45. The molecule has 2 aromatic heterocycles. The van der Waals surface area contributed by atoms with Crippen LogP contribution in [0.4, 0.5) is 24.5 Å². The number of rotatable bonds is 5. The van der Waals surface area contributed by atoms with E-state index in [1.165, 1.54) is 29.9 Å². The molecule has 1 aromatic carbocycles. The molecule has 3 rings (SSSR count). The Kier molecular flexibility index (Phi) is 5.85. The molecular weight excluding hydrogens is 445 g/mol. The van der Waals surface area contributed by atoms with Gasteiger partial charge in [0.15, 0.2) is 5.16 Å². The first kappa shape index (κ1) is 21.8. The standard InChI is InChI=1S/C17H13F3N4O4S2/c1-8(30-16-22-12-5-6-29-13(12)15(26)23(16)2)14(25)21-11-4-3-9(24(27)28)7-10(11)17(18,19)20/h3-8H,1-2H3,(H,21,25). The summed E-state index contributed by atoms with van der Waals surface area (Å²) in [6.07, 6.45) is -4.90. The van der Waals surface area contributed by atoms with Gasteiger partial charge in [0.1, 0.15) is 4.70 Å². The summed E-state index contributed by atoms with van der Waals surface area (Å²) in [6, 6.07) is 3.73. The summed E-state index contributed by atoms with van der Waals surface area (Å²) in [7, 11) is 1.49. The van der Waals surface area contributed by atoms with Crippen molar-refractivity contribution in [2.45, 2.75) is 23.5 Å². The minimum absolute atomic E-state index is 0.230. The number of non-ortho nitro benzene ring substituents is 1. The van der Waals surface area contributed by atoms with Gasteiger partial charge in [0.2, 0.25) is 5.91 Å². The Morgan fingerprint density at radius 3 is 2.70 bits per heavy atom. The first-order chi connectivity index (χ1) is 14.0. The molecule has 30 heavy (non-hydrogen) atoms. The molecule has 0 fully saturated rings. The van der Waals surface area contributed by atoms with Crippen molar-refractivity contribution in [2.24, 2.45) is 7.05 Å². The number of nitro benzene ring substituents is 1. The van der Waals surface area contributed by atoms with Gasteiger partial charge >= 0.3 is 6.18 Å². The highest BCUT2D eigenvalue weighted by Crippen LogP contribution is 2.37. The second-order valence-electron chi connectivity index (χ2n) is 6.13. The second kappa shape index (κ2) is 8.07. The first-order valence-electron chi connectivity index (χ1n) is 8.26. The molecule has 8 nitrogen and oxygen atoms in total. The third-order valence-electron chi connectivity index (χ3n) is 4.07. The summed E-state index contributed by atoms with van der Waals surface area (Å²) in [5, 5.41) is 14.0. The van der Waals surface area contributed by atoms with Gasteiger partial charge in [-0.05, 0) is 24.4 Å². The van der Waals surface area contributed by atoms with Crippen LogP contribution in [0.15, 0.2) is 39.6 Å². The van der Waals surface area contributed by atoms with Crippen molar-refractivity contribution in [1.82, 2.24) is 9.55 Å². The van der Waals surface area contributed by atoms with Crippen molar-refractivity contribution in [1.29, 1.82) is 0 Å². The molecule has 0 bridgehead atoms. The number of anilines is 1. The van der Waals surface area contributed by atoms with Gasteiger partial charge in [0.05, 0.1) is 26.9 Å². The topological polar surface area (TPSA) is 107 Å². The minimum Gasteiger partial charge on any atom is -0.325 e. The van der Waals surface area contributed by atoms with Gasteiger partial charge in [-0.1, -0.05) is 11.8 Å². The van der Waals surface area contributed by atoms with Gasteiger partial charge in [-0.3, -0.25) is 24.3 Å². The number of amides is 1. The van der Waals surface area contributed by atoms with E-state index in [2.05, 4.69) is 10.3 Å². The molecule has 3 aromatic rings. The molecule has 13 heteroatoms. The van der Waals surface area contributed by atoms with Crippen molar-refractivity contribution < 1.29 is 22.9 Å². The van der Waals surface area contributed by atoms with Gasteiger partial charge in [-0.2, -0.15) is 13.2 Å². The number of nitrogens with one attached hydrogen (secondary N) is 1. The zero-order chi connectivity index (χ0) is 22.2. The van der Waals surface area contributed by atoms with Crippen molar-refractivity contribution >= 4 is 50.6 Å². The Balaban J connectivity index is 1.85. The number of thioether (sulfide) groups is 1. The monoisotopic (exact) mass is 458 g/mol. The number of carbonyl (C=O) groups is 1. The number of carbonyl (C=O) groups excluding carboxylic acids is 1. The zero-order valence-corrected chi connectivity index (χ0v) is 17.0. The highest BCUT2D eigenvalue weighted by atomic mass is 32.2. The summed E-state index contributed by atoms with van der Waals surface area (Å²) in [4.78, 5) is 38.9. The van der Waals surface area contributed by atoms with E-state index in [0.29, 0.717) is 16.3 Å². The molecule has 0 aliphatic carbocycles. The average molecular weight is 458 g/mol. The number of hydrogen-bond acceptors (Lipinski definition) is 7. The molecule has 1 unspecified atom stereocenters. The quantitative estimate of drug-likeness (QED) is 0.268. The van der Waals surface area contributed by atoms with Gasteiger partial charge < -0.3 is 5.32 Å². The number of benzene rings is 1. The lowest BCUT2D eigenvalue weighted by Crippen LogP contribution is -2.26. The SMILES string of the molecule is CC(Sc1nc2ccsc2c(=O)n1C)C(=O)Nc1ccc([N+](=O)[O-])cc1C(F)(F)F. The third-order valence-corrected chi connectivity index (χ3v) is 6.11. The number of hydrogen-bond donors (Lipinski definition) is 1. The van der Waals surface area contributed by atoms with Crippen LogP contribution in [0.25, 0.3) is 10.2 Å². The van der Waals surface area contributed by atoms with E-state index in [1.807, 2.05) is 0 Å². The van der Waals surface area contributed by atoms with E-state index < -0.39 is 39.2 Å². The van der Waals surface area contributed by atoms with E-state index >= 15 is 0 Å².